The fraction of sp³-hybridized carbons (Fsp3) is 0.643. The summed E-state index contributed by atoms with van der Waals surface area (Å²) in [6.07, 6.45) is 2.06. The fourth-order valence-electron chi connectivity index (χ4n) is 1.47. The van der Waals surface area contributed by atoms with Gasteiger partial charge in [0.1, 0.15) is 5.57 Å². The van der Waals surface area contributed by atoms with Gasteiger partial charge in [-0.25, -0.2) is 4.79 Å². The van der Waals surface area contributed by atoms with Crippen molar-refractivity contribution in [2.45, 2.75) is 33.1 Å². The molecule has 0 saturated heterocycles. The molecule has 0 aromatic rings. The van der Waals surface area contributed by atoms with E-state index in [0.717, 1.165) is 0 Å². The standard InChI is InChI=1S/C14H23NO5/c1-5-19-13(17)9-7-8-12(16)11(10-15(3)4)14(18)20-6-2/h10H,5-9H2,1-4H3. The summed E-state index contributed by atoms with van der Waals surface area (Å²) in [5.74, 6) is -1.31. The minimum absolute atomic E-state index is 0.000656. The molecule has 0 N–H and O–H groups in total. The molecule has 0 atom stereocenters. The highest BCUT2D eigenvalue weighted by molar-refractivity contribution is 6.17. The first-order valence-corrected chi connectivity index (χ1v) is 6.66. The molecule has 0 aliphatic heterocycles. The Morgan fingerprint density at radius 1 is 1.00 bits per heavy atom. The lowest BCUT2D eigenvalue weighted by Gasteiger charge is -2.10. The van der Waals surface area contributed by atoms with Crippen molar-refractivity contribution in [1.82, 2.24) is 4.90 Å². The van der Waals surface area contributed by atoms with E-state index in [0.29, 0.717) is 13.0 Å². The summed E-state index contributed by atoms with van der Waals surface area (Å²) in [6.45, 7) is 3.93. The van der Waals surface area contributed by atoms with Gasteiger partial charge >= 0.3 is 11.9 Å². The zero-order valence-corrected chi connectivity index (χ0v) is 12.6. The molecule has 0 unspecified atom stereocenters. The van der Waals surface area contributed by atoms with Gasteiger partial charge in [-0.1, -0.05) is 0 Å². The van der Waals surface area contributed by atoms with Gasteiger partial charge in [0.15, 0.2) is 5.78 Å². The highest BCUT2D eigenvalue weighted by Crippen LogP contribution is 2.08. The van der Waals surface area contributed by atoms with Crippen molar-refractivity contribution in [3.63, 3.8) is 0 Å². The van der Waals surface area contributed by atoms with Crippen LogP contribution < -0.4 is 0 Å². The summed E-state index contributed by atoms with van der Waals surface area (Å²) >= 11 is 0. The van der Waals surface area contributed by atoms with Crippen LogP contribution in [0.4, 0.5) is 0 Å². The second-order valence-electron chi connectivity index (χ2n) is 4.31. The largest absolute Gasteiger partial charge is 0.466 e. The van der Waals surface area contributed by atoms with Gasteiger partial charge in [-0.15, -0.1) is 0 Å². The van der Waals surface area contributed by atoms with Crippen LogP contribution in [0.2, 0.25) is 0 Å². The van der Waals surface area contributed by atoms with Gasteiger partial charge < -0.3 is 14.4 Å². The molecule has 0 fully saturated rings. The van der Waals surface area contributed by atoms with E-state index in [9.17, 15) is 14.4 Å². The number of hydrogen-bond donors (Lipinski definition) is 0. The fourth-order valence-corrected chi connectivity index (χ4v) is 1.47. The molecule has 0 spiro atoms. The molecule has 0 aliphatic carbocycles. The minimum Gasteiger partial charge on any atom is -0.466 e. The molecule has 0 aliphatic rings. The molecular formula is C14H23NO5. The molecule has 0 rings (SSSR count). The van der Waals surface area contributed by atoms with Crippen LogP contribution in [0.15, 0.2) is 11.8 Å². The monoisotopic (exact) mass is 285 g/mol. The Morgan fingerprint density at radius 3 is 2.10 bits per heavy atom. The van der Waals surface area contributed by atoms with Gasteiger partial charge in [-0.05, 0) is 20.3 Å². The average Bonchev–Trinajstić information content (AvgIpc) is 2.36. The Hall–Kier alpha value is -1.85. The highest BCUT2D eigenvalue weighted by Gasteiger charge is 2.20. The molecule has 0 heterocycles. The van der Waals surface area contributed by atoms with Gasteiger partial charge in [0.25, 0.3) is 0 Å². The molecule has 6 nitrogen and oxygen atoms in total. The zero-order chi connectivity index (χ0) is 15.5. The number of rotatable bonds is 9. The minimum atomic E-state index is -0.637. The second-order valence-corrected chi connectivity index (χ2v) is 4.31. The third-order valence-corrected chi connectivity index (χ3v) is 2.27. The van der Waals surface area contributed by atoms with Crippen molar-refractivity contribution in [3.05, 3.63) is 11.8 Å². The van der Waals surface area contributed by atoms with Crippen LogP contribution in [0.25, 0.3) is 0 Å². The summed E-state index contributed by atoms with van der Waals surface area (Å²) in [4.78, 5) is 36.4. The number of carbonyl (C=O) groups excluding carboxylic acids is 3. The van der Waals surface area contributed by atoms with E-state index in [-0.39, 0.29) is 36.8 Å². The Bertz CT molecular complexity index is 374. The topological polar surface area (TPSA) is 72.9 Å². The van der Waals surface area contributed by atoms with Gasteiger partial charge in [0.2, 0.25) is 0 Å². The van der Waals surface area contributed by atoms with Crippen molar-refractivity contribution >= 4 is 17.7 Å². The normalized spacial score (nSPS) is 10.9. The quantitative estimate of drug-likeness (QED) is 0.275. The third kappa shape index (κ3) is 7.56. The van der Waals surface area contributed by atoms with Crippen molar-refractivity contribution in [1.29, 1.82) is 0 Å². The van der Waals surface area contributed by atoms with E-state index < -0.39 is 5.97 Å². The molecule has 6 heteroatoms. The third-order valence-electron chi connectivity index (χ3n) is 2.27. The van der Waals surface area contributed by atoms with Gasteiger partial charge in [0, 0.05) is 33.1 Å². The molecule has 0 radical (unpaired) electrons. The van der Waals surface area contributed by atoms with Crippen LogP contribution in [0.3, 0.4) is 0 Å². The SMILES string of the molecule is CCOC(=O)CCCC(=O)C(=CN(C)C)C(=O)OCC. The summed E-state index contributed by atoms with van der Waals surface area (Å²) in [6, 6.07) is 0. The molecule has 20 heavy (non-hydrogen) atoms. The lowest BCUT2D eigenvalue weighted by molar-refractivity contribution is -0.143. The predicted molar refractivity (Wildman–Crippen MR) is 73.9 cm³/mol. The molecular weight excluding hydrogens is 262 g/mol. The maximum absolute atomic E-state index is 12.0. The molecule has 0 amide bonds. The maximum atomic E-state index is 12.0. The Kier molecular flexibility index (Phi) is 9.07. The predicted octanol–water partition coefficient (Wildman–Crippen LogP) is 1.30. The first-order valence-electron chi connectivity index (χ1n) is 6.66. The van der Waals surface area contributed by atoms with Crippen LogP contribution in [0.1, 0.15) is 33.1 Å². The van der Waals surface area contributed by atoms with Crippen molar-refractivity contribution < 1.29 is 23.9 Å². The van der Waals surface area contributed by atoms with E-state index in [2.05, 4.69) is 0 Å². The lowest BCUT2D eigenvalue weighted by atomic mass is 10.1. The summed E-state index contributed by atoms with van der Waals surface area (Å²) in [5.41, 5.74) is 0.000656. The lowest BCUT2D eigenvalue weighted by Crippen LogP contribution is -2.19. The number of ketones is 1. The summed E-state index contributed by atoms with van der Waals surface area (Å²) in [5, 5.41) is 0. The van der Waals surface area contributed by atoms with E-state index in [4.69, 9.17) is 9.47 Å². The zero-order valence-electron chi connectivity index (χ0n) is 12.6. The van der Waals surface area contributed by atoms with E-state index in [1.54, 1.807) is 32.8 Å². The Balaban J connectivity index is 4.50. The Labute approximate surface area is 119 Å². The van der Waals surface area contributed by atoms with E-state index in [1.165, 1.54) is 6.20 Å². The van der Waals surface area contributed by atoms with Crippen LogP contribution in [0.5, 0.6) is 0 Å². The number of ether oxygens (including phenoxy) is 2. The van der Waals surface area contributed by atoms with E-state index in [1.807, 2.05) is 0 Å². The van der Waals surface area contributed by atoms with Crippen LogP contribution >= 0.6 is 0 Å². The number of Topliss-reactive ketones (excluding diaryl/α,β-unsaturated/α-hetero) is 1. The number of hydrogen-bond acceptors (Lipinski definition) is 6. The number of esters is 2. The van der Waals surface area contributed by atoms with Crippen LogP contribution in [-0.4, -0.2) is 49.9 Å². The van der Waals surface area contributed by atoms with Crippen molar-refractivity contribution in [2.24, 2.45) is 0 Å². The first-order chi connectivity index (χ1) is 9.42. The molecule has 0 aromatic heterocycles. The summed E-state index contributed by atoms with van der Waals surface area (Å²) < 4.78 is 9.62. The Morgan fingerprint density at radius 2 is 1.60 bits per heavy atom. The van der Waals surface area contributed by atoms with Gasteiger partial charge in [-0.2, -0.15) is 0 Å². The van der Waals surface area contributed by atoms with E-state index >= 15 is 0 Å². The second kappa shape index (κ2) is 10.00. The highest BCUT2D eigenvalue weighted by atomic mass is 16.5. The number of carbonyl (C=O) groups is 3. The van der Waals surface area contributed by atoms with Gasteiger partial charge in [0.05, 0.1) is 13.2 Å². The smallest absolute Gasteiger partial charge is 0.343 e. The first kappa shape index (κ1) is 18.1. The van der Waals surface area contributed by atoms with Crippen LogP contribution in [0, 0.1) is 0 Å². The number of nitrogens with zero attached hydrogens (tertiary/aromatic N) is 1. The van der Waals surface area contributed by atoms with Crippen LogP contribution in [-0.2, 0) is 23.9 Å². The molecule has 0 saturated carbocycles. The summed E-state index contributed by atoms with van der Waals surface area (Å²) in [7, 11) is 3.43. The molecule has 0 aromatic carbocycles. The van der Waals surface area contributed by atoms with Gasteiger partial charge in [-0.3, -0.25) is 9.59 Å². The molecule has 0 bridgehead atoms. The molecule has 114 valence electrons. The van der Waals surface area contributed by atoms with Crippen molar-refractivity contribution in [2.75, 3.05) is 27.3 Å². The maximum Gasteiger partial charge on any atom is 0.343 e. The van der Waals surface area contributed by atoms with Crippen molar-refractivity contribution in [3.8, 4) is 0 Å². The average molecular weight is 285 g/mol.